The number of rotatable bonds is 5. The van der Waals surface area contributed by atoms with Gasteiger partial charge in [-0.2, -0.15) is 8.78 Å². The molecule has 0 radical (unpaired) electrons. The lowest BCUT2D eigenvalue weighted by Crippen LogP contribution is -2.33. The molecule has 7 heteroatoms. The third-order valence-electron chi connectivity index (χ3n) is 3.35. The number of alkyl halides is 2. The fourth-order valence-electron chi connectivity index (χ4n) is 2.31. The minimum Gasteiger partial charge on any atom is -0.435 e. The van der Waals surface area contributed by atoms with Crippen LogP contribution in [0.25, 0.3) is 0 Å². The van der Waals surface area contributed by atoms with E-state index < -0.39 is 6.61 Å². The van der Waals surface area contributed by atoms with Gasteiger partial charge in [-0.3, -0.25) is 4.79 Å². The Morgan fingerprint density at radius 2 is 2.10 bits per heavy atom. The number of hydrogen-bond acceptors (Lipinski definition) is 3. The zero-order chi connectivity index (χ0) is 14.5. The summed E-state index contributed by atoms with van der Waals surface area (Å²) < 4.78 is 28.3. The lowest BCUT2D eigenvalue weighted by Gasteiger charge is -2.20. The largest absolute Gasteiger partial charge is 0.435 e. The van der Waals surface area contributed by atoms with Gasteiger partial charge < -0.3 is 15.0 Å². The Bertz CT molecular complexity index is 451. The second-order valence-corrected chi connectivity index (χ2v) is 4.91. The summed E-state index contributed by atoms with van der Waals surface area (Å²) >= 11 is 0. The topological polar surface area (TPSA) is 41.6 Å². The van der Waals surface area contributed by atoms with Gasteiger partial charge in [0.15, 0.2) is 0 Å². The van der Waals surface area contributed by atoms with E-state index >= 15 is 0 Å². The fourth-order valence-corrected chi connectivity index (χ4v) is 2.31. The highest BCUT2D eigenvalue weighted by Crippen LogP contribution is 2.17. The van der Waals surface area contributed by atoms with Crippen LogP contribution in [0.4, 0.5) is 8.78 Å². The highest BCUT2D eigenvalue weighted by Gasteiger charge is 2.25. The van der Waals surface area contributed by atoms with Crippen LogP contribution in [0.3, 0.4) is 0 Å². The van der Waals surface area contributed by atoms with Crippen LogP contribution in [-0.4, -0.2) is 37.6 Å². The van der Waals surface area contributed by atoms with Crippen molar-refractivity contribution in [3.63, 3.8) is 0 Å². The van der Waals surface area contributed by atoms with E-state index in [1.165, 1.54) is 12.1 Å². The molecule has 0 saturated carbocycles. The van der Waals surface area contributed by atoms with E-state index in [1.807, 2.05) is 0 Å². The Hall–Kier alpha value is -1.40. The molecular weight excluding hydrogens is 302 g/mol. The first kappa shape index (κ1) is 17.7. The summed E-state index contributed by atoms with van der Waals surface area (Å²) in [5, 5.41) is 3.16. The number of carbonyl (C=O) groups excluding carboxylic acids is 1. The monoisotopic (exact) mass is 320 g/mol. The van der Waals surface area contributed by atoms with Crippen LogP contribution in [0.1, 0.15) is 12.0 Å². The number of nitrogens with one attached hydrogen (secondary N) is 1. The van der Waals surface area contributed by atoms with Gasteiger partial charge in [0.2, 0.25) is 5.91 Å². The number of carbonyl (C=O) groups is 1. The van der Waals surface area contributed by atoms with Gasteiger partial charge in [-0.05, 0) is 30.7 Å². The standard InChI is InChI=1S/C14H18F2N2O2.ClH/c1-18(13(19)11-6-7-17-8-11)9-10-2-4-12(5-3-10)20-14(15)16;/h2-5,11,14,17H,6-9H2,1H3;1H. The van der Waals surface area contributed by atoms with Crippen LogP contribution in [0.5, 0.6) is 5.75 Å². The van der Waals surface area contributed by atoms with Crippen molar-refractivity contribution >= 4 is 18.3 Å². The normalized spacial score (nSPS) is 17.4. The number of benzene rings is 1. The number of amides is 1. The molecule has 1 unspecified atom stereocenters. The summed E-state index contributed by atoms with van der Waals surface area (Å²) in [6.45, 7) is -0.751. The maximum atomic E-state index is 12.1. The molecule has 0 aliphatic carbocycles. The van der Waals surface area contributed by atoms with Gasteiger partial charge in [0.05, 0.1) is 5.92 Å². The van der Waals surface area contributed by atoms with E-state index in [-0.39, 0.29) is 30.0 Å². The van der Waals surface area contributed by atoms with Gasteiger partial charge in [-0.15, -0.1) is 12.4 Å². The molecule has 21 heavy (non-hydrogen) atoms. The van der Waals surface area contributed by atoms with Gasteiger partial charge in [0.1, 0.15) is 5.75 Å². The van der Waals surface area contributed by atoms with Crippen LogP contribution in [0.15, 0.2) is 24.3 Å². The minimum atomic E-state index is -2.82. The van der Waals surface area contributed by atoms with Gasteiger partial charge >= 0.3 is 6.61 Å². The molecule has 1 saturated heterocycles. The van der Waals surface area contributed by atoms with Crippen LogP contribution < -0.4 is 10.1 Å². The van der Waals surface area contributed by atoms with Crippen molar-refractivity contribution < 1.29 is 18.3 Å². The summed E-state index contributed by atoms with van der Waals surface area (Å²) in [4.78, 5) is 13.8. The first-order valence-electron chi connectivity index (χ1n) is 6.55. The molecule has 1 fully saturated rings. The molecule has 1 N–H and O–H groups in total. The number of ether oxygens (including phenoxy) is 1. The molecule has 0 bridgehead atoms. The quantitative estimate of drug-likeness (QED) is 0.905. The van der Waals surface area contributed by atoms with Gasteiger partial charge in [0, 0.05) is 20.1 Å². The lowest BCUT2D eigenvalue weighted by molar-refractivity contribution is -0.134. The predicted octanol–water partition coefficient (Wildman–Crippen LogP) is 2.28. The molecule has 0 aromatic heterocycles. The van der Waals surface area contributed by atoms with Crippen LogP contribution in [0.2, 0.25) is 0 Å². The number of nitrogens with zero attached hydrogens (tertiary/aromatic N) is 1. The van der Waals surface area contributed by atoms with Gasteiger partial charge in [0.25, 0.3) is 0 Å². The van der Waals surface area contributed by atoms with E-state index in [0.717, 1.165) is 25.1 Å². The first-order chi connectivity index (χ1) is 9.56. The highest BCUT2D eigenvalue weighted by atomic mass is 35.5. The third kappa shape index (κ3) is 5.13. The zero-order valence-electron chi connectivity index (χ0n) is 11.7. The SMILES string of the molecule is CN(Cc1ccc(OC(F)F)cc1)C(=O)C1CCNC1.Cl. The summed E-state index contributed by atoms with van der Waals surface area (Å²) in [5.41, 5.74) is 0.883. The molecule has 1 aromatic rings. The maximum absolute atomic E-state index is 12.1. The molecule has 118 valence electrons. The van der Waals surface area contributed by atoms with Crippen LogP contribution in [-0.2, 0) is 11.3 Å². The molecule has 0 spiro atoms. The molecule has 1 amide bonds. The van der Waals surface area contributed by atoms with Crippen LogP contribution >= 0.6 is 12.4 Å². The summed E-state index contributed by atoms with van der Waals surface area (Å²) in [6, 6.07) is 6.34. The van der Waals surface area contributed by atoms with Crippen molar-refractivity contribution in [1.29, 1.82) is 0 Å². The summed E-state index contributed by atoms with van der Waals surface area (Å²) in [6.07, 6.45) is 0.865. The van der Waals surface area contributed by atoms with Gasteiger partial charge in [-0.1, -0.05) is 12.1 Å². The Morgan fingerprint density at radius 3 is 2.62 bits per heavy atom. The lowest BCUT2D eigenvalue weighted by atomic mass is 10.1. The molecule has 1 aliphatic heterocycles. The average molecular weight is 321 g/mol. The molecule has 4 nitrogen and oxygen atoms in total. The molecular formula is C14H19ClF2N2O2. The minimum absolute atomic E-state index is 0. The van der Waals surface area contributed by atoms with E-state index in [0.29, 0.717) is 6.54 Å². The van der Waals surface area contributed by atoms with E-state index in [9.17, 15) is 13.6 Å². The highest BCUT2D eigenvalue weighted by molar-refractivity contribution is 5.85. The Balaban J connectivity index is 0.00000220. The molecule has 2 rings (SSSR count). The van der Waals surface area contributed by atoms with Crippen molar-refractivity contribution in [2.24, 2.45) is 5.92 Å². The predicted molar refractivity (Wildman–Crippen MR) is 77.8 cm³/mol. The van der Waals surface area contributed by atoms with E-state index in [4.69, 9.17) is 0 Å². The van der Waals surface area contributed by atoms with E-state index in [2.05, 4.69) is 10.1 Å². The van der Waals surface area contributed by atoms with Crippen molar-refractivity contribution in [2.45, 2.75) is 19.6 Å². The maximum Gasteiger partial charge on any atom is 0.387 e. The number of hydrogen-bond donors (Lipinski definition) is 1. The molecule has 1 aliphatic rings. The second-order valence-electron chi connectivity index (χ2n) is 4.91. The molecule has 1 aromatic carbocycles. The zero-order valence-corrected chi connectivity index (χ0v) is 12.5. The third-order valence-corrected chi connectivity index (χ3v) is 3.35. The van der Waals surface area contributed by atoms with E-state index in [1.54, 1.807) is 24.1 Å². The smallest absolute Gasteiger partial charge is 0.387 e. The fraction of sp³-hybridized carbons (Fsp3) is 0.500. The van der Waals surface area contributed by atoms with Crippen molar-refractivity contribution in [3.8, 4) is 5.75 Å². The Morgan fingerprint density at radius 1 is 1.43 bits per heavy atom. The second kappa shape index (κ2) is 8.14. The van der Waals surface area contributed by atoms with Crippen molar-refractivity contribution in [1.82, 2.24) is 10.2 Å². The van der Waals surface area contributed by atoms with Crippen LogP contribution in [0, 0.1) is 5.92 Å². The summed E-state index contributed by atoms with van der Waals surface area (Å²) in [7, 11) is 1.75. The first-order valence-corrected chi connectivity index (χ1v) is 6.55. The Labute approximate surface area is 128 Å². The number of halogens is 3. The van der Waals surface area contributed by atoms with Crippen molar-refractivity contribution in [2.75, 3.05) is 20.1 Å². The average Bonchev–Trinajstić information content (AvgIpc) is 2.93. The van der Waals surface area contributed by atoms with Crippen molar-refractivity contribution in [3.05, 3.63) is 29.8 Å². The Kier molecular flexibility index (Phi) is 6.84. The molecule has 1 atom stereocenters. The summed E-state index contributed by atoms with van der Waals surface area (Å²) in [5.74, 6) is 0.280. The molecule has 1 heterocycles. The van der Waals surface area contributed by atoms with Gasteiger partial charge in [-0.25, -0.2) is 0 Å².